The van der Waals surface area contributed by atoms with Gasteiger partial charge >= 0.3 is 5.97 Å². The molecule has 0 fully saturated rings. The number of nitrogens with two attached hydrogens (primary N) is 1. The third-order valence-corrected chi connectivity index (χ3v) is 3.12. The first kappa shape index (κ1) is 13.5. The van der Waals surface area contributed by atoms with E-state index < -0.39 is 5.97 Å². The van der Waals surface area contributed by atoms with Crippen LogP contribution in [-0.2, 0) is 11.3 Å². The van der Waals surface area contributed by atoms with Crippen LogP contribution < -0.4 is 5.73 Å². The smallest absolute Gasteiger partial charge is 0.338 e. The second-order valence-corrected chi connectivity index (χ2v) is 5.03. The largest absolute Gasteiger partial charge is 0.456 e. The quantitative estimate of drug-likeness (QED) is 0.697. The van der Waals surface area contributed by atoms with Crippen molar-refractivity contribution in [2.75, 3.05) is 5.73 Å². The predicted molar refractivity (Wildman–Crippen MR) is 76.6 cm³/mol. The van der Waals surface area contributed by atoms with Crippen molar-refractivity contribution < 1.29 is 9.53 Å². The van der Waals surface area contributed by atoms with Gasteiger partial charge in [0.15, 0.2) is 0 Å². The lowest BCUT2D eigenvalue weighted by Gasteiger charge is -2.06. The van der Waals surface area contributed by atoms with Crippen LogP contribution in [0.25, 0.3) is 0 Å². The summed E-state index contributed by atoms with van der Waals surface area (Å²) >= 11 is 3.29. The third-order valence-electron chi connectivity index (χ3n) is 2.65. The SMILES string of the molecule is Cc1ccc(C(=O)OCc2ccc(Br)cn2)cc1N. The number of aryl methyl sites for hydroxylation is 1. The molecule has 0 aliphatic carbocycles. The van der Waals surface area contributed by atoms with Gasteiger partial charge in [0, 0.05) is 16.4 Å². The Morgan fingerprint density at radius 3 is 2.79 bits per heavy atom. The average molecular weight is 321 g/mol. The van der Waals surface area contributed by atoms with Crippen LogP contribution in [0, 0.1) is 6.92 Å². The van der Waals surface area contributed by atoms with Crippen LogP contribution in [0.1, 0.15) is 21.6 Å². The van der Waals surface area contributed by atoms with E-state index in [9.17, 15) is 4.79 Å². The number of pyridine rings is 1. The summed E-state index contributed by atoms with van der Waals surface area (Å²) in [5.41, 5.74) is 8.41. The molecule has 19 heavy (non-hydrogen) atoms. The number of hydrogen-bond donors (Lipinski definition) is 1. The Labute approximate surface area is 119 Å². The van der Waals surface area contributed by atoms with Crippen molar-refractivity contribution in [3.05, 3.63) is 57.8 Å². The van der Waals surface area contributed by atoms with Crippen LogP contribution in [-0.4, -0.2) is 11.0 Å². The molecule has 0 radical (unpaired) electrons. The van der Waals surface area contributed by atoms with Gasteiger partial charge in [0.05, 0.1) is 11.3 Å². The predicted octanol–water partition coefficient (Wildman–Crippen LogP) is 3.09. The van der Waals surface area contributed by atoms with E-state index in [-0.39, 0.29) is 6.61 Å². The van der Waals surface area contributed by atoms with E-state index >= 15 is 0 Å². The van der Waals surface area contributed by atoms with Gasteiger partial charge in [-0.3, -0.25) is 4.98 Å². The molecule has 2 rings (SSSR count). The molecule has 0 bridgehead atoms. The normalized spacial score (nSPS) is 10.2. The van der Waals surface area contributed by atoms with Gasteiger partial charge in [-0.15, -0.1) is 0 Å². The van der Waals surface area contributed by atoms with E-state index in [1.165, 1.54) is 0 Å². The van der Waals surface area contributed by atoms with Crippen molar-refractivity contribution in [3.8, 4) is 0 Å². The van der Waals surface area contributed by atoms with Crippen LogP contribution in [0.3, 0.4) is 0 Å². The van der Waals surface area contributed by atoms with Gasteiger partial charge < -0.3 is 10.5 Å². The highest BCUT2D eigenvalue weighted by molar-refractivity contribution is 9.10. The van der Waals surface area contributed by atoms with Gasteiger partial charge in [-0.25, -0.2) is 4.79 Å². The lowest BCUT2D eigenvalue weighted by atomic mass is 10.1. The molecule has 2 N–H and O–H groups in total. The summed E-state index contributed by atoms with van der Waals surface area (Å²) < 4.78 is 6.06. The number of esters is 1. The van der Waals surface area contributed by atoms with Crippen LogP contribution in [0.4, 0.5) is 5.69 Å². The lowest BCUT2D eigenvalue weighted by molar-refractivity contribution is 0.0468. The molecule has 1 heterocycles. The zero-order valence-electron chi connectivity index (χ0n) is 10.4. The number of carbonyl (C=O) groups is 1. The first-order valence-electron chi connectivity index (χ1n) is 5.70. The minimum Gasteiger partial charge on any atom is -0.456 e. The lowest BCUT2D eigenvalue weighted by Crippen LogP contribution is -2.07. The number of aromatic nitrogens is 1. The fraction of sp³-hybridized carbons (Fsp3) is 0.143. The maximum Gasteiger partial charge on any atom is 0.338 e. The summed E-state index contributed by atoms with van der Waals surface area (Å²) in [4.78, 5) is 16.0. The number of carbonyl (C=O) groups excluding carboxylic acids is 1. The minimum absolute atomic E-state index is 0.139. The molecule has 0 atom stereocenters. The molecule has 1 aromatic heterocycles. The minimum atomic E-state index is -0.406. The molecule has 5 heteroatoms. The second-order valence-electron chi connectivity index (χ2n) is 4.12. The fourth-order valence-corrected chi connectivity index (χ4v) is 1.72. The van der Waals surface area contributed by atoms with Gasteiger partial charge in [0.2, 0.25) is 0 Å². The monoisotopic (exact) mass is 320 g/mol. The Morgan fingerprint density at radius 2 is 2.16 bits per heavy atom. The zero-order valence-corrected chi connectivity index (χ0v) is 12.0. The van der Waals surface area contributed by atoms with E-state index in [0.717, 1.165) is 10.0 Å². The van der Waals surface area contributed by atoms with E-state index in [0.29, 0.717) is 16.9 Å². The first-order valence-corrected chi connectivity index (χ1v) is 6.49. The highest BCUT2D eigenvalue weighted by Gasteiger charge is 2.09. The molecule has 4 nitrogen and oxygen atoms in total. The van der Waals surface area contributed by atoms with Gasteiger partial charge in [0.25, 0.3) is 0 Å². The number of benzene rings is 1. The van der Waals surface area contributed by atoms with Crippen LogP contribution in [0.5, 0.6) is 0 Å². The standard InChI is InChI=1S/C14H13BrN2O2/c1-9-2-3-10(6-13(9)16)14(18)19-8-12-5-4-11(15)7-17-12/h2-7H,8,16H2,1H3. The number of nitrogen functional groups attached to an aromatic ring is 1. The topological polar surface area (TPSA) is 65.2 Å². The third kappa shape index (κ3) is 3.54. The van der Waals surface area contributed by atoms with Crippen LogP contribution in [0.2, 0.25) is 0 Å². The number of ether oxygens (including phenoxy) is 1. The molecule has 98 valence electrons. The number of hydrogen-bond acceptors (Lipinski definition) is 4. The van der Waals surface area contributed by atoms with E-state index in [1.807, 2.05) is 13.0 Å². The fourth-order valence-electron chi connectivity index (χ4n) is 1.48. The van der Waals surface area contributed by atoms with Crippen molar-refractivity contribution in [1.29, 1.82) is 0 Å². The first-order chi connectivity index (χ1) is 9.06. The summed E-state index contributed by atoms with van der Waals surface area (Å²) in [5, 5.41) is 0. The van der Waals surface area contributed by atoms with Crippen LogP contribution >= 0.6 is 15.9 Å². The Balaban J connectivity index is 2.01. The maximum absolute atomic E-state index is 11.8. The van der Waals surface area contributed by atoms with Crippen LogP contribution in [0.15, 0.2) is 41.0 Å². The van der Waals surface area contributed by atoms with Crippen molar-refractivity contribution in [2.24, 2.45) is 0 Å². The molecule has 0 saturated heterocycles. The maximum atomic E-state index is 11.8. The number of halogens is 1. The van der Waals surface area contributed by atoms with Gasteiger partial charge in [-0.2, -0.15) is 0 Å². The van der Waals surface area contributed by atoms with Crippen molar-refractivity contribution >= 4 is 27.6 Å². The van der Waals surface area contributed by atoms with Gasteiger partial charge in [-0.1, -0.05) is 6.07 Å². The van der Waals surface area contributed by atoms with Crippen molar-refractivity contribution in [2.45, 2.75) is 13.5 Å². The van der Waals surface area contributed by atoms with Gasteiger partial charge in [-0.05, 0) is 52.7 Å². The molecule has 0 spiro atoms. The Morgan fingerprint density at radius 1 is 1.37 bits per heavy atom. The van der Waals surface area contributed by atoms with E-state index in [1.54, 1.807) is 30.5 Å². The summed E-state index contributed by atoms with van der Waals surface area (Å²) in [7, 11) is 0. The molecule has 0 aliphatic heterocycles. The van der Waals surface area contributed by atoms with E-state index in [4.69, 9.17) is 10.5 Å². The molecule has 0 aliphatic rings. The Kier molecular flexibility index (Phi) is 4.16. The summed E-state index contributed by atoms with van der Waals surface area (Å²) in [6.07, 6.45) is 1.66. The van der Waals surface area contributed by atoms with E-state index in [2.05, 4.69) is 20.9 Å². The second kappa shape index (κ2) is 5.84. The van der Waals surface area contributed by atoms with Crippen molar-refractivity contribution in [1.82, 2.24) is 4.98 Å². The summed E-state index contributed by atoms with van der Waals surface area (Å²) in [6.45, 7) is 2.02. The average Bonchev–Trinajstić information content (AvgIpc) is 2.41. The van der Waals surface area contributed by atoms with Gasteiger partial charge in [0.1, 0.15) is 6.61 Å². The molecular formula is C14H13BrN2O2. The molecule has 2 aromatic rings. The zero-order chi connectivity index (χ0) is 13.8. The number of anilines is 1. The number of nitrogens with zero attached hydrogens (tertiary/aromatic N) is 1. The molecule has 0 unspecified atom stereocenters. The summed E-state index contributed by atoms with van der Waals surface area (Å²) in [5.74, 6) is -0.406. The molecular weight excluding hydrogens is 308 g/mol. The summed E-state index contributed by atoms with van der Waals surface area (Å²) in [6, 6.07) is 8.75. The number of rotatable bonds is 3. The highest BCUT2D eigenvalue weighted by Crippen LogP contribution is 2.14. The molecule has 1 aromatic carbocycles. The highest BCUT2D eigenvalue weighted by atomic mass is 79.9. The Hall–Kier alpha value is -1.88. The molecule has 0 amide bonds. The Bertz CT molecular complexity index is 597. The van der Waals surface area contributed by atoms with Crippen molar-refractivity contribution in [3.63, 3.8) is 0 Å². The molecule has 0 saturated carbocycles.